The van der Waals surface area contributed by atoms with Crippen LogP contribution in [0.25, 0.3) is 6.08 Å². The number of esters is 1. The van der Waals surface area contributed by atoms with Crippen molar-refractivity contribution in [2.45, 2.75) is 40.3 Å². The van der Waals surface area contributed by atoms with E-state index in [1.807, 2.05) is 38.1 Å². The van der Waals surface area contributed by atoms with Gasteiger partial charge in [0.2, 0.25) is 0 Å². The maximum atomic E-state index is 13.5. The third-order valence-electron chi connectivity index (χ3n) is 6.25. The molecule has 0 saturated heterocycles. The molecule has 0 atom stereocenters. The van der Waals surface area contributed by atoms with Gasteiger partial charge in [-0.15, -0.1) is 0 Å². The highest BCUT2D eigenvalue weighted by Crippen LogP contribution is 2.41. The van der Waals surface area contributed by atoms with Crippen LogP contribution in [0.3, 0.4) is 0 Å². The Labute approximate surface area is 243 Å². The van der Waals surface area contributed by atoms with Gasteiger partial charge in [-0.25, -0.2) is 4.79 Å². The lowest BCUT2D eigenvalue weighted by Gasteiger charge is -2.17. The first-order chi connectivity index (χ1) is 20.0. The molecule has 0 amide bonds. The average Bonchev–Trinajstić information content (AvgIpc) is 2.93. The number of rotatable bonds is 10. The molecule has 0 aliphatic carbocycles. The van der Waals surface area contributed by atoms with Gasteiger partial charge in [-0.1, -0.05) is 31.2 Å². The van der Waals surface area contributed by atoms with Crippen LogP contribution in [0.1, 0.15) is 41.7 Å². The van der Waals surface area contributed by atoms with Crippen LogP contribution in [0.5, 0.6) is 34.5 Å². The van der Waals surface area contributed by atoms with Gasteiger partial charge in [0.15, 0.2) is 11.5 Å². The molecule has 0 aliphatic heterocycles. The molecule has 4 rings (SSSR count). The fourth-order valence-corrected chi connectivity index (χ4v) is 4.20. The molecular weight excluding hydrogens is 545 g/mol. The molecule has 5 nitrogen and oxygen atoms in total. The molecule has 0 heterocycles. The molecule has 0 unspecified atom stereocenters. The lowest BCUT2D eigenvalue weighted by molar-refractivity contribution is -0.138. The Kier molecular flexibility index (Phi) is 9.57. The molecule has 0 saturated carbocycles. The number of halogens is 3. The monoisotopic (exact) mass is 576 g/mol. The molecule has 0 radical (unpaired) electrons. The Morgan fingerprint density at radius 1 is 0.762 bits per heavy atom. The quantitative estimate of drug-likeness (QED) is 0.139. The van der Waals surface area contributed by atoms with Crippen molar-refractivity contribution >= 4 is 12.0 Å². The van der Waals surface area contributed by atoms with Crippen molar-refractivity contribution in [3.63, 3.8) is 0 Å². The number of benzene rings is 4. The van der Waals surface area contributed by atoms with E-state index in [1.54, 1.807) is 56.3 Å². The Morgan fingerprint density at radius 3 is 2.19 bits per heavy atom. The Bertz CT molecular complexity index is 1590. The third kappa shape index (κ3) is 7.94. The molecule has 0 spiro atoms. The van der Waals surface area contributed by atoms with Crippen LogP contribution < -0.4 is 14.2 Å². The molecule has 0 bridgehead atoms. The molecule has 0 fully saturated rings. The van der Waals surface area contributed by atoms with E-state index in [0.29, 0.717) is 36.0 Å². The largest absolute Gasteiger partial charge is 0.463 e. The summed E-state index contributed by atoms with van der Waals surface area (Å²) in [5.74, 6) is 1.49. The topological polar surface area (TPSA) is 54.0 Å². The Morgan fingerprint density at radius 2 is 1.50 bits per heavy atom. The molecule has 8 heteroatoms. The van der Waals surface area contributed by atoms with Crippen LogP contribution in [0.4, 0.5) is 13.2 Å². The minimum Gasteiger partial charge on any atom is -0.463 e. The van der Waals surface area contributed by atoms with Crippen LogP contribution in [0.2, 0.25) is 0 Å². The number of carbonyl (C=O) groups is 1. The maximum Gasteiger partial charge on any atom is 0.416 e. The normalized spacial score (nSPS) is 11.4. The molecular formula is C34H31F3O5. The SMILES string of the molecule is CCOC(=O)/C=C/c1ccc(Oc2cc(C)cc(Oc3ccc(C(F)(F)F)cc3Oc3ccccc3C)c2)cc1CC. The standard InChI is InChI=1S/C34H31F3O5/c1-5-24-19-27(14-11-25(24)12-16-33(38)39-6-2)40-28-17-22(3)18-29(21-28)41-31-15-13-26(34(35,36)37)20-32(31)42-30-10-8-7-9-23(30)4/h7-21H,5-6H2,1-4H3/b16-12+. The van der Waals surface area contributed by atoms with Gasteiger partial charge in [-0.3, -0.25) is 0 Å². The van der Waals surface area contributed by atoms with E-state index in [0.717, 1.165) is 34.4 Å². The fourth-order valence-electron chi connectivity index (χ4n) is 4.20. The maximum absolute atomic E-state index is 13.5. The van der Waals surface area contributed by atoms with Crippen LogP contribution in [-0.4, -0.2) is 12.6 Å². The van der Waals surface area contributed by atoms with E-state index >= 15 is 0 Å². The number of hydrogen-bond donors (Lipinski definition) is 0. The predicted octanol–water partition coefficient (Wildman–Crippen LogP) is 9.84. The first kappa shape index (κ1) is 30.2. The number of alkyl halides is 3. The summed E-state index contributed by atoms with van der Waals surface area (Å²) in [6, 6.07) is 20.9. The van der Waals surface area contributed by atoms with Gasteiger partial charge in [0.1, 0.15) is 23.0 Å². The average molecular weight is 577 g/mol. The van der Waals surface area contributed by atoms with Crippen LogP contribution in [-0.2, 0) is 22.1 Å². The van der Waals surface area contributed by atoms with Crippen molar-refractivity contribution in [3.8, 4) is 34.5 Å². The molecule has 42 heavy (non-hydrogen) atoms. The minimum absolute atomic E-state index is 0.0675. The number of para-hydroxylation sites is 1. The Hall–Kier alpha value is -4.72. The summed E-state index contributed by atoms with van der Waals surface area (Å²) in [7, 11) is 0. The van der Waals surface area contributed by atoms with E-state index < -0.39 is 17.7 Å². The minimum atomic E-state index is -4.55. The van der Waals surface area contributed by atoms with Crippen molar-refractivity contribution in [2.75, 3.05) is 6.61 Å². The van der Waals surface area contributed by atoms with Crippen LogP contribution in [0.15, 0.2) is 84.9 Å². The van der Waals surface area contributed by atoms with Gasteiger partial charge in [-0.05, 0) is 104 Å². The van der Waals surface area contributed by atoms with Crippen LogP contribution in [0, 0.1) is 13.8 Å². The molecule has 4 aromatic carbocycles. The third-order valence-corrected chi connectivity index (χ3v) is 6.25. The highest BCUT2D eigenvalue weighted by atomic mass is 19.4. The summed E-state index contributed by atoms with van der Waals surface area (Å²) in [4.78, 5) is 11.7. The van der Waals surface area contributed by atoms with Gasteiger partial charge < -0.3 is 18.9 Å². The van der Waals surface area contributed by atoms with E-state index in [2.05, 4.69) is 0 Å². The zero-order valence-electron chi connectivity index (χ0n) is 23.7. The van der Waals surface area contributed by atoms with Crippen molar-refractivity contribution < 1.29 is 36.9 Å². The van der Waals surface area contributed by atoms with Gasteiger partial charge >= 0.3 is 12.1 Å². The number of aryl methyl sites for hydroxylation is 3. The number of carbonyl (C=O) groups excluding carboxylic acids is 1. The lowest BCUT2D eigenvalue weighted by Crippen LogP contribution is -2.05. The molecule has 0 aromatic heterocycles. The fraction of sp³-hybridized carbons (Fsp3) is 0.206. The molecule has 218 valence electrons. The molecule has 4 aromatic rings. The number of hydrogen-bond acceptors (Lipinski definition) is 5. The lowest BCUT2D eigenvalue weighted by atomic mass is 10.0. The van der Waals surface area contributed by atoms with E-state index in [4.69, 9.17) is 18.9 Å². The smallest absolute Gasteiger partial charge is 0.416 e. The van der Waals surface area contributed by atoms with Crippen molar-refractivity contribution in [1.82, 2.24) is 0 Å². The zero-order valence-corrected chi connectivity index (χ0v) is 23.7. The highest BCUT2D eigenvalue weighted by molar-refractivity contribution is 5.87. The summed E-state index contributed by atoms with van der Waals surface area (Å²) < 4.78 is 63.6. The molecule has 0 aliphatic rings. The summed E-state index contributed by atoms with van der Waals surface area (Å²) in [6.45, 7) is 7.72. The van der Waals surface area contributed by atoms with Crippen molar-refractivity contribution in [2.24, 2.45) is 0 Å². The van der Waals surface area contributed by atoms with Crippen molar-refractivity contribution in [3.05, 3.63) is 113 Å². The van der Waals surface area contributed by atoms with Crippen molar-refractivity contribution in [1.29, 1.82) is 0 Å². The second-order valence-corrected chi connectivity index (χ2v) is 9.51. The molecule has 0 N–H and O–H groups in total. The Balaban J connectivity index is 1.60. The van der Waals surface area contributed by atoms with E-state index in [9.17, 15) is 18.0 Å². The first-order valence-corrected chi connectivity index (χ1v) is 13.5. The van der Waals surface area contributed by atoms with Gasteiger partial charge in [0.25, 0.3) is 0 Å². The first-order valence-electron chi connectivity index (χ1n) is 13.5. The number of ether oxygens (including phenoxy) is 4. The van der Waals surface area contributed by atoms with Gasteiger partial charge in [0, 0.05) is 12.1 Å². The summed E-state index contributed by atoms with van der Waals surface area (Å²) >= 11 is 0. The summed E-state index contributed by atoms with van der Waals surface area (Å²) in [5, 5.41) is 0. The van der Waals surface area contributed by atoms with Gasteiger partial charge in [-0.2, -0.15) is 13.2 Å². The predicted molar refractivity (Wildman–Crippen MR) is 156 cm³/mol. The summed E-state index contributed by atoms with van der Waals surface area (Å²) in [5.41, 5.74) is 2.58. The van der Waals surface area contributed by atoms with E-state index in [1.165, 1.54) is 12.1 Å². The highest BCUT2D eigenvalue weighted by Gasteiger charge is 2.32. The second-order valence-electron chi connectivity index (χ2n) is 9.51. The van der Waals surface area contributed by atoms with E-state index in [-0.39, 0.29) is 11.5 Å². The summed E-state index contributed by atoms with van der Waals surface area (Å²) in [6.07, 6.45) is -0.741. The zero-order chi connectivity index (χ0) is 30.3. The van der Waals surface area contributed by atoms with Crippen LogP contribution >= 0.6 is 0 Å². The van der Waals surface area contributed by atoms with Gasteiger partial charge in [0.05, 0.1) is 12.2 Å². The second kappa shape index (κ2) is 13.3.